The number of imidazole rings is 1. The molecule has 1 atom stereocenters. The molecule has 162 valence electrons. The summed E-state index contributed by atoms with van der Waals surface area (Å²) in [7, 11) is -3.64. The summed E-state index contributed by atoms with van der Waals surface area (Å²) in [6.07, 6.45) is 1.72. The van der Waals surface area contributed by atoms with E-state index in [0.29, 0.717) is 30.1 Å². The maximum atomic E-state index is 13.4. The van der Waals surface area contributed by atoms with Gasteiger partial charge in [-0.3, -0.25) is 0 Å². The highest BCUT2D eigenvalue weighted by Gasteiger charge is 2.33. The summed E-state index contributed by atoms with van der Waals surface area (Å²) in [6, 6.07) is 13.3. The Labute approximate surface area is 181 Å². The van der Waals surface area contributed by atoms with Gasteiger partial charge in [0.2, 0.25) is 10.0 Å². The van der Waals surface area contributed by atoms with Crippen LogP contribution in [0, 0.1) is 6.92 Å². The van der Waals surface area contributed by atoms with Gasteiger partial charge in [0.25, 0.3) is 0 Å². The first-order valence-corrected chi connectivity index (χ1v) is 12.1. The molecule has 0 amide bonds. The number of hydrogen-bond donors (Lipinski definition) is 0. The molecule has 0 spiro atoms. The van der Waals surface area contributed by atoms with E-state index in [2.05, 4.69) is 29.5 Å². The summed E-state index contributed by atoms with van der Waals surface area (Å²) in [4.78, 5) is 9.41. The van der Waals surface area contributed by atoms with Crippen molar-refractivity contribution in [3.05, 3.63) is 54.2 Å². The molecule has 1 fully saturated rings. The number of aromatic nitrogens is 3. The summed E-state index contributed by atoms with van der Waals surface area (Å²) in [5.41, 5.74) is 3.21. The van der Waals surface area contributed by atoms with E-state index >= 15 is 0 Å². The van der Waals surface area contributed by atoms with Crippen molar-refractivity contribution in [3.8, 4) is 0 Å². The van der Waals surface area contributed by atoms with Gasteiger partial charge in [0.15, 0.2) is 11.5 Å². The SMILES string of the molecule is Cc1nc2ccc(S(=O)(=O)N3CCCC(c4nc5ccccc5n4C(C)C)C3)cc2o1. The average molecular weight is 439 g/mol. The van der Waals surface area contributed by atoms with Crippen LogP contribution in [-0.2, 0) is 10.0 Å². The molecule has 0 aliphatic carbocycles. The molecular formula is C23H26N4O3S. The maximum absolute atomic E-state index is 13.4. The molecule has 31 heavy (non-hydrogen) atoms. The number of piperidine rings is 1. The third kappa shape index (κ3) is 3.43. The molecule has 1 unspecified atom stereocenters. The third-order valence-corrected chi connectivity index (χ3v) is 7.85. The Balaban J connectivity index is 1.50. The Hall–Kier alpha value is -2.71. The number of benzene rings is 2. The Bertz CT molecular complexity index is 1370. The summed E-state index contributed by atoms with van der Waals surface area (Å²) in [6.45, 7) is 6.97. The standard InChI is InChI=1S/C23H26N4O3S/c1-15(2)27-21-9-5-4-8-19(21)25-23(27)17-7-6-12-26(14-17)31(28,29)18-10-11-20-22(13-18)30-16(3)24-20/h4-5,8-11,13,15,17H,6-7,12,14H2,1-3H3. The van der Waals surface area contributed by atoms with Crippen molar-refractivity contribution in [2.45, 2.75) is 50.5 Å². The average Bonchev–Trinajstić information content (AvgIpc) is 3.32. The van der Waals surface area contributed by atoms with Gasteiger partial charge in [-0.25, -0.2) is 18.4 Å². The Kier molecular flexibility index (Phi) is 4.86. The number of sulfonamides is 1. The van der Waals surface area contributed by atoms with Crippen LogP contribution in [0.3, 0.4) is 0 Å². The molecule has 7 nitrogen and oxygen atoms in total. The van der Waals surface area contributed by atoms with Gasteiger partial charge < -0.3 is 8.98 Å². The molecule has 1 saturated heterocycles. The number of nitrogens with zero attached hydrogens (tertiary/aromatic N) is 4. The van der Waals surface area contributed by atoms with Crippen molar-refractivity contribution in [2.24, 2.45) is 0 Å². The van der Waals surface area contributed by atoms with Gasteiger partial charge in [0.05, 0.1) is 15.9 Å². The quantitative estimate of drug-likeness (QED) is 0.464. The zero-order valence-electron chi connectivity index (χ0n) is 17.9. The van der Waals surface area contributed by atoms with Crippen molar-refractivity contribution in [1.82, 2.24) is 18.8 Å². The molecule has 2 aromatic carbocycles. The highest BCUT2D eigenvalue weighted by molar-refractivity contribution is 7.89. The first-order valence-electron chi connectivity index (χ1n) is 10.7. The van der Waals surface area contributed by atoms with Crippen molar-refractivity contribution >= 4 is 32.2 Å². The molecule has 4 aromatic rings. The van der Waals surface area contributed by atoms with Crippen LogP contribution >= 0.6 is 0 Å². The fourth-order valence-electron chi connectivity index (χ4n) is 4.59. The second-order valence-corrected chi connectivity index (χ2v) is 10.4. The van der Waals surface area contributed by atoms with E-state index in [1.807, 2.05) is 18.2 Å². The number of aryl methyl sites for hydroxylation is 1. The van der Waals surface area contributed by atoms with E-state index < -0.39 is 10.0 Å². The van der Waals surface area contributed by atoms with Crippen LogP contribution in [0.5, 0.6) is 0 Å². The lowest BCUT2D eigenvalue weighted by Crippen LogP contribution is -2.39. The number of para-hydroxylation sites is 2. The van der Waals surface area contributed by atoms with Crippen LogP contribution in [0.15, 0.2) is 51.8 Å². The summed E-state index contributed by atoms with van der Waals surface area (Å²) in [5.74, 6) is 1.54. The summed E-state index contributed by atoms with van der Waals surface area (Å²) >= 11 is 0. The van der Waals surface area contributed by atoms with Gasteiger partial charge in [0.1, 0.15) is 11.3 Å². The van der Waals surface area contributed by atoms with Crippen LogP contribution in [0.1, 0.15) is 50.4 Å². The van der Waals surface area contributed by atoms with E-state index in [-0.39, 0.29) is 16.9 Å². The van der Waals surface area contributed by atoms with Gasteiger partial charge >= 0.3 is 0 Å². The predicted molar refractivity (Wildman–Crippen MR) is 120 cm³/mol. The van der Waals surface area contributed by atoms with Crippen molar-refractivity contribution < 1.29 is 12.8 Å². The minimum absolute atomic E-state index is 0.0505. The number of oxazole rings is 1. The third-order valence-electron chi connectivity index (χ3n) is 5.99. The first kappa shape index (κ1) is 20.2. The predicted octanol–water partition coefficient (Wildman–Crippen LogP) is 4.64. The van der Waals surface area contributed by atoms with Crippen molar-refractivity contribution in [2.75, 3.05) is 13.1 Å². The van der Waals surface area contributed by atoms with Crippen LogP contribution in [-0.4, -0.2) is 40.3 Å². The van der Waals surface area contributed by atoms with Crippen LogP contribution in [0.2, 0.25) is 0 Å². The lowest BCUT2D eigenvalue weighted by atomic mass is 9.98. The Morgan fingerprint density at radius 3 is 2.71 bits per heavy atom. The molecule has 3 heterocycles. The molecule has 0 bridgehead atoms. The van der Waals surface area contributed by atoms with E-state index in [9.17, 15) is 8.42 Å². The molecule has 1 aliphatic heterocycles. The second kappa shape index (κ2) is 7.46. The molecule has 2 aromatic heterocycles. The second-order valence-electron chi connectivity index (χ2n) is 8.49. The molecule has 1 aliphatic rings. The number of fused-ring (bicyclic) bond motifs is 2. The number of rotatable bonds is 4. The fraction of sp³-hybridized carbons (Fsp3) is 0.391. The van der Waals surface area contributed by atoms with Gasteiger partial charge in [0, 0.05) is 38.0 Å². The molecule has 0 N–H and O–H groups in total. The van der Waals surface area contributed by atoms with Gasteiger partial charge in [-0.1, -0.05) is 12.1 Å². The van der Waals surface area contributed by atoms with Crippen LogP contribution < -0.4 is 0 Å². The first-order chi connectivity index (χ1) is 14.8. The summed E-state index contributed by atoms with van der Waals surface area (Å²) in [5, 5.41) is 0. The summed E-state index contributed by atoms with van der Waals surface area (Å²) < 4.78 is 36.3. The maximum Gasteiger partial charge on any atom is 0.243 e. The number of hydrogen-bond acceptors (Lipinski definition) is 5. The van der Waals surface area contributed by atoms with Crippen molar-refractivity contribution in [1.29, 1.82) is 0 Å². The Morgan fingerprint density at radius 1 is 1.10 bits per heavy atom. The van der Waals surface area contributed by atoms with E-state index in [1.54, 1.807) is 29.4 Å². The van der Waals surface area contributed by atoms with E-state index in [4.69, 9.17) is 9.40 Å². The van der Waals surface area contributed by atoms with Crippen LogP contribution in [0.25, 0.3) is 22.1 Å². The van der Waals surface area contributed by atoms with Crippen molar-refractivity contribution in [3.63, 3.8) is 0 Å². The molecule has 0 radical (unpaired) electrons. The smallest absolute Gasteiger partial charge is 0.243 e. The van der Waals surface area contributed by atoms with E-state index in [1.165, 1.54) is 0 Å². The largest absolute Gasteiger partial charge is 0.441 e. The van der Waals surface area contributed by atoms with Gasteiger partial charge in [-0.15, -0.1) is 0 Å². The zero-order chi connectivity index (χ0) is 21.8. The minimum atomic E-state index is -3.64. The fourth-order valence-corrected chi connectivity index (χ4v) is 6.13. The molecule has 5 rings (SSSR count). The van der Waals surface area contributed by atoms with Crippen LogP contribution in [0.4, 0.5) is 0 Å². The lowest BCUT2D eigenvalue weighted by molar-refractivity contribution is 0.303. The lowest BCUT2D eigenvalue weighted by Gasteiger charge is -2.32. The topological polar surface area (TPSA) is 81.2 Å². The molecular weight excluding hydrogens is 412 g/mol. The van der Waals surface area contributed by atoms with Gasteiger partial charge in [-0.05, 0) is 51.0 Å². The molecule has 8 heteroatoms. The monoisotopic (exact) mass is 438 g/mol. The van der Waals surface area contributed by atoms with Gasteiger partial charge in [-0.2, -0.15) is 4.31 Å². The Morgan fingerprint density at radius 2 is 1.90 bits per heavy atom. The normalized spacial score (nSPS) is 18.4. The van der Waals surface area contributed by atoms with E-state index in [0.717, 1.165) is 29.7 Å². The zero-order valence-corrected chi connectivity index (χ0v) is 18.8. The minimum Gasteiger partial charge on any atom is -0.441 e. The highest BCUT2D eigenvalue weighted by atomic mass is 32.2. The molecule has 0 saturated carbocycles. The highest BCUT2D eigenvalue weighted by Crippen LogP contribution is 2.34.